The van der Waals surface area contributed by atoms with Crippen LogP contribution in [-0.2, 0) is 6.54 Å². The van der Waals surface area contributed by atoms with Crippen LogP contribution < -0.4 is 5.73 Å². The summed E-state index contributed by atoms with van der Waals surface area (Å²) in [7, 11) is 0. The average molecular weight is 260 g/mol. The first-order valence-electron chi connectivity index (χ1n) is 6.52. The standard InChI is InChI=1S/C15H20N2O2/c1-9(2)12-6-11(15(18)19)7-13-10(3)8-17(5-4-16)14(12)13/h6-9H,4-5,16H2,1-3H3,(H,18,19). The molecule has 19 heavy (non-hydrogen) atoms. The van der Waals surface area contributed by atoms with E-state index in [0.29, 0.717) is 12.1 Å². The number of hydrogen-bond donors (Lipinski definition) is 2. The summed E-state index contributed by atoms with van der Waals surface area (Å²) in [6.45, 7) is 7.48. The summed E-state index contributed by atoms with van der Waals surface area (Å²) in [5, 5.41) is 10.2. The van der Waals surface area contributed by atoms with E-state index in [4.69, 9.17) is 5.73 Å². The van der Waals surface area contributed by atoms with Crippen LogP contribution in [0, 0.1) is 6.92 Å². The van der Waals surface area contributed by atoms with Crippen LogP contribution in [0.4, 0.5) is 0 Å². The molecule has 0 spiro atoms. The molecule has 2 rings (SSSR count). The molecule has 4 nitrogen and oxygen atoms in total. The first kappa shape index (κ1) is 13.6. The van der Waals surface area contributed by atoms with Gasteiger partial charge in [-0.25, -0.2) is 4.79 Å². The molecule has 0 unspecified atom stereocenters. The quantitative estimate of drug-likeness (QED) is 0.888. The Morgan fingerprint density at radius 1 is 1.42 bits per heavy atom. The Labute approximate surface area is 112 Å². The molecule has 0 aliphatic carbocycles. The lowest BCUT2D eigenvalue weighted by Gasteiger charge is -2.13. The lowest BCUT2D eigenvalue weighted by Crippen LogP contribution is -2.10. The second kappa shape index (κ2) is 5.05. The molecule has 0 fully saturated rings. The van der Waals surface area contributed by atoms with E-state index in [0.717, 1.165) is 28.6 Å². The number of carboxylic acids is 1. The maximum atomic E-state index is 11.2. The van der Waals surface area contributed by atoms with Crippen molar-refractivity contribution in [2.75, 3.05) is 6.54 Å². The lowest BCUT2D eigenvalue weighted by molar-refractivity contribution is 0.0697. The molecule has 0 radical (unpaired) electrons. The van der Waals surface area contributed by atoms with Gasteiger partial charge >= 0.3 is 5.97 Å². The topological polar surface area (TPSA) is 68.2 Å². The average Bonchev–Trinajstić information content (AvgIpc) is 2.66. The molecular weight excluding hydrogens is 240 g/mol. The van der Waals surface area contributed by atoms with E-state index in [9.17, 15) is 9.90 Å². The number of carbonyl (C=O) groups is 1. The predicted octanol–water partition coefficient (Wildman–Crippen LogP) is 2.73. The van der Waals surface area contributed by atoms with Gasteiger partial charge in [0.25, 0.3) is 0 Å². The molecule has 102 valence electrons. The second-order valence-corrected chi connectivity index (χ2v) is 5.22. The Morgan fingerprint density at radius 3 is 2.63 bits per heavy atom. The Balaban J connectivity index is 2.80. The Bertz CT molecular complexity index is 627. The van der Waals surface area contributed by atoms with Crippen LogP contribution in [0.5, 0.6) is 0 Å². The molecule has 1 aromatic heterocycles. The number of hydrogen-bond acceptors (Lipinski definition) is 2. The fourth-order valence-corrected chi connectivity index (χ4v) is 2.52. The van der Waals surface area contributed by atoms with Crippen molar-refractivity contribution in [3.8, 4) is 0 Å². The zero-order valence-electron chi connectivity index (χ0n) is 11.6. The van der Waals surface area contributed by atoms with Crippen molar-refractivity contribution in [1.82, 2.24) is 4.57 Å². The molecular formula is C15H20N2O2. The van der Waals surface area contributed by atoms with Crippen LogP contribution in [0.3, 0.4) is 0 Å². The monoisotopic (exact) mass is 260 g/mol. The van der Waals surface area contributed by atoms with Crippen LogP contribution in [-0.4, -0.2) is 22.2 Å². The third-order valence-corrected chi connectivity index (χ3v) is 3.44. The fourth-order valence-electron chi connectivity index (χ4n) is 2.52. The molecule has 0 amide bonds. The highest BCUT2D eigenvalue weighted by Crippen LogP contribution is 2.30. The first-order chi connectivity index (χ1) is 8.95. The minimum atomic E-state index is -0.880. The van der Waals surface area contributed by atoms with Crippen LogP contribution in [0.15, 0.2) is 18.3 Å². The number of nitrogens with zero attached hydrogens (tertiary/aromatic N) is 1. The number of rotatable bonds is 4. The third kappa shape index (κ3) is 2.36. The number of aromatic carboxylic acids is 1. The normalized spacial score (nSPS) is 11.4. The van der Waals surface area contributed by atoms with Crippen LogP contribution in [0.2, 0.25) is 0 Å². The van der Waals surface area contributed by atoms with Crippen LogP contribution in [0.1, 0.15) is 41.3 Å². The van der Waals surface area contributed by atoms with Crippen molar-refractivity contribution in [1.29, 1.82) is 0 Å². The van der Waals surface area contributed by atoms with E-state index in [2.05, 4.69) is 24.6 Å². The van der Waals surface area contributed by atoms with Gasteiger partial charge < -0.3 is 15.4 Å². The predicted molar refractivity (Wildman–Crippen MR) is 76.8 cm³/mol. The summed E-state index contributed by atoms with van der Waals surface area (Å²) in [6, 6.07) is 3.54. The molecule has 0 aliphatic heterocycles. The Morgan fingerprint density at radius 2 is 2.11 bits per heavy atom. The van der Waals surface area contributed by atoms with Crippen LogP contribution >= 0.6 is 0 Å². The SMILES string of the molecule is Cc1cn(CCN)c2c(C(C)C)cc(C(=O)O)cc12. The highest BCUT2D eigenvalue weighted by atomic mass is 16.4. The minimum absolute atomic E-state index is 0.271. The summed E-state index contributed by atoms with van der Waals surface area (Å²) in [4.78, 5) is 11.2. The maximum absolute atomic E-state index is 11.2. The van der Waals surface area contributed by atoms with Crippen molar-refractivity contribution < 1.29 is 9.90 Å². The number of aromatic nitrogens is 1. The summed E-state index contributed by atoms with van der Waals surface area (Å²) >= 11 is 0. The molecule has 0 saturated heterocycles. The smallest absolute Gasteiger partial charge is 0.335 e. The molecule has 0 aliphatic rings. The molecule has 0 saturated carbocycles. The molecule has 2 aromatic rings. The van der Waals surface area contributed by atoms with Gasteiger partial charge in [0.15, 0.2) is 0 Å². The summed E-state index contributed by atoms with van der Waals surface area (Å²) in [5.74, 6) is -0.609. The Kier molecular flexibility index (Phi) is 3.62. The number of aryl methyl sites for hydroxylation is 1. The minimum Gasteiger partial charge on any atom is -0.478 e. The van der Waals surface area contributed by atoms with Gasteiger partial charge in [0.2, 0.25) is 0 Å². The van der Waals surface area contributed by atoms with Gasteiger partial charge in [-0.3, -0.25) is 0 Å². The fraction of sp³-hybridized carbons (Fsp3) is 0.400. The van der Waals surface area contributed by atoms with Gasteiger partial charge in [-0.2, -0.15) is 0 Å². The van der Waals surface area contributed by atoms with Gasteiger partial charge in [-0.15, -0.1) is 0 Å². The number of benzene rings is 1. The zero-order chi connectivity index (χ0) is 14.2. The third-order valence-electron chi connectivity index (χ3n) is 3.44. The molecule has 0 atom stereocenters. The molecule has 3 N–H and O–H groups in total. The number of fused-ring (bicyclic) bond motifs is 1. The molecule has 4 heteroatoms. The van der Waals surface area contributed by atoms with Crippen molar-refractivity contribution in [3.05, 3.63) is 35.0 Å². The van der Waals surface area contributed by atoms with Gasteiger partial charge in [0.05, 0.1) is 11.1 Å². The summed E-state index contributed by atoms with van der Waals surface area (Å²) < 4.78 is 2.13. The highest BCUT2D eigenvalue weighted by molar-refractivity contribution is 5.96. The van der Waals surface area contributed by atoms with Gasteiger partial charge in [0.1, 0.15) is 0 Å². The number of nitrogens with two attached hydrogens (primary N) is 1. The van der Waals surface area contributed by atoms with Crippen molar-refractivity contribution in [3.63, 3.8) is 0 Å². The van der Waals surface area contributed by atoms with E-state index in [-0.39, 0.29) is 5.92 Å². The summed E-state index contributed by atoms with van der Waals surface area (Å²) in [5.41, 5.74) is 9.27. The van der Waals surface area contributed by atoms with Crippen LogP contribution in [0.25, 0.3) is 10.9 Å². The number of carboxylic acid groups (broad SMARTS) is 1. The van der Waals surface area contributed by atoms with E-state index in [1.165, 1.54) is 0 Å². The van der Waals surface area contributed by atoms with E-state index in [1.54, 1.807) is 12.1 Å². The van der Waals surface area contributed by atoms with Crippen molar-refractivity contribution >= 4 is 16.9 Å². The highest BCUT2D eigenvalue weighted by Gasteiger charge is 2.16. The largest absolute Gasteiger partial charge is 0.478 e. The van der Waals surface area contributed by atoms with Gasteiger partial charge in [-0.05, 0) is 36.1 Å². The summed E-state index contributed by atoms with van der Waals surface area (Å²) in [6.07, 6.45) is 2.05. The maximum Gasteiger partial charge on any atom is 0.335 e. The van der Waals surface area contributed by atoms with E-state index in [1.807, 2.05) is 6.92 Å². The molecule has 0 bridgehead atoms. The van der Waals surface area contributed by atoms with E-state index >= 15 is 0 Å². The van der Waals surface area contributed by atoms with E-state index < -0.39 is 5.97 Å². The van der Waals surface area contributed by atoms with Crippen molar-refractivity contribution in [2.45, 2.75) is 33.2 Å². The molecule has 1 heterocycles. The Hall–Kier alpha value is -1.81. The zero-order valence-corrected chi connectivity index (χ0v) is 11.6. The van der Waals surface area contributed by atoms with Gasteiger partial charge in [-0.1, -0.05) is 13.8 Å². The van der Waals surface area contributed by atoms with Crippen molar-refractivity contribution in [2.24, 2.45) is 5.73 Å². The lowest BCUT2D eigenvalue weighted by atomic mass is 9.96. The first-order valence-corrected chi connectivity index (χ1v) is 6.52. The second-order valence-electron chi connectivity index (χ2n) is 5.22. The molecule has 1 aromatic carbocycles. The van der Waals surface area contributed by atoms with Gasteiger partial charge in [0, 0.05) is 24.7 Å².